The Morgan fingerprint density at radius 1 is 1.29 bits per heavy atom. The van der Waals surface area contributed by atoms with E-state index >= 15 is 0 Å². The number of benzene rings is 1. The SMILES string of the molecule is CC(C)CN(C)[C@@H](CNC(=O)c1ccc(Cl)s1)C(=O)Nc1ccc(N2CCOCC2=O)cc1F. The van der Waals surface area contributed by atoms with Crippen LogP contribution in [0.2, 0.25) is 4.34 Å². The topological polar surface area (TPSA) is 91.0 Å². The highest BCUT2D eigenvalue weighted by Gasteiger charge is 2.26. The highest BCUT2D eigenvalue weighted by Crippen LogP contribution is 2.24. The number of halogens is 2. The molecule has 0 saturated carbocycles. The van der Waals surface area contributed by atoms with Crippen molar-refractivity contribution in [3.63, 3.8) is 0 Å². The molecule has 1 aromatic carbocycles. The van der Waals surface area contributed by atoms with E-state index in [4.69, 9.17) is 16.3 Å². The summed E-state index contributed by atoms with van der Waals surface area (Å²) >= 11 is 7.05. The van der Waals surface area contributed by atoms with Crippen molar-refractivity contribution in [2.24, 2.45) is 5.92 Å². The Kier molecular flexibility index (Phi) is 9.01. The van der Waals surface area contributed by atoms with Crippen LogP contribution in [-0.2, 0) is 14.3 Å². The number of morpholine rings is 1. The highest BCUT2D eigenvalue weighted by atomic mass is 35.5. The van der Waals surface area contributed by atoms with Crippen molar-refractivity contribution in [1.82, 2.24) is 10.2 Å². The highest BCUT2D eigenvalue weighted by molar-refractivity contribution is 7.18. The molecule has 11 heteroatoms. The minimum absolute atomic E-state index is 0.00577. The van der Waals surface area contributed by atoms with E-state index in [1.165, 1.54) is 17.0 Å². The fourth-order valence-electron chi connectivity index (χ4n) is 3.65. The molecule has 1 fully saturated rings. The lowest BCUT2D eigenvalue weighted by molar-refractivity contribution is -0.125. The zero-order chi connectivity index (χ0) is 24.8. The van der Waals surface area contributed by atoms with Gasteiger partial charge in [0.1, 0.15) is 18.5 Å². The molecule has 34 heavy (non-hydrogen) atoms. The van der Waals surface area contributed by atoms with Crippen LogP contribution in [0.4, 0.5) is 15.8 Å². The normalized spacial score (nSPS) is 15.0. The van der Waals surface area contributed by atoms with Crippen molar-refractivity contribution in [1.29, 1.82) is 0 Å². The summed E-state index contributed by atoms with van der Waals surface area (Å²) < 4.78 is 20.4. The third kappa shape index (κ3) is 6.75. The number of likely N-dealkylation sites (N-methyl/N-ethyl adjacent to an activating group) is 1. The molecule has 1 saturated heterocycles. The quantitative estimate of drug-likeness (QED) is 0.540. The van der Waals surface area contributed by atoms with E-state index in [-0.39, 0.29) is 36.6 Å². The van der Waals surface area contributed by atoms with Gasteiger partial charge in [0.15, 0.2) is 0 Å². The molecule has 0 bridgehead atoms. The van der Waals surface area contributed by atoms with Gasteiger partial charge in [-0.1, -0.05) is 25.4 Å². The van der Waals surface area contributed by atoms with Crippen LogP contribution in [0, 0.1) is 11.7 Å². The van der Waals surface area contributed by atoms with Gasteiger partial charge in [0.2, 0.25) is 5.91 Å². The van der Waals surface area contributed by atoms with Crippen LogP contribution in [0.1, 0.15) is 23.5 Å². The van der Waals surface area contributed by atoms with E-state index in [2.05, 4.69) is 10.6 Å². The average Bonchev–Trinajstić information content (AvgIpc) is 3.21. The van der Waals surface area contributed by atoms with Gasteiger partial charge in [-0.3, -0.25) is 19.3 Å². The molecule has 1 aliphatic rings. The van der Waals surface area contributed by atoms with Crippen molar-refractivity contribution >= 4 is 52.0 Å². The maximum Gasteiger partial charge on any atom is 0.261 e. The van der Waals surface area contributed by atoms with Gasteiger partial charge in [-0.2, -0.15) is 0 Å². The molecule has 1 aliphatic heterocycles. The van der Waals surface area contributed by atoms with Crippen molar-refractivity contribution in [3.05, 3.63) is 45.4 Å². The Bertz CT molecular complexity index is 1050. The van der Waals surface area contributed by atoms with Crippen LogP contribution in [0.3, 0.4) is 0 Å². The summed E-state index contributed by atoms with van der Waals surface area (Å²) in [6.45, 7) is 5.32. The lowest BCUT2D eigenvalue weighted by atomic mass is 10.1. The number of ether oxygens (including phenoxy) is 1. The monoisotopic (exact) mass is 510 g/mol. The Labute approximate surface area is 207 Å². The van der Waals surface area contributed by atoms with E-state index < -0.39 is 17.8 Å². The first-order chi connectivity index (χ1) is 16.2. The predicted octanol–water partition coefficient (Wildman–Crippen LogP) is 3.23. The number of rotatable bonds is 9. The molecule has 8 nitrogen and oxygen atoms in total. The van der Waals surface area contributed by atoms with Crippen LogP contribution in [0.5, 0.6) is 0 Å². The molecule has 2 aromatic rings. The second-order valence-electron chi connectivity index (χ2n) is 8.41. The molecular formula is C23H28ClFN4O4S. The number of nitrogens with zero attached hydrogens (tertiary/aromatic N) is 2. The first-order valence-corrected chi connectivity index (χ1v) is 12.1. The number of anilines is 2. The van der Waals surface area contributed by atoms with E-state index in [0.29, 0.717) is 34.6 Å². The van der Waals surface area contributed by atoms with Gasteiger partial charge in [-0.05, 0) is 43.3 Å². The maximum absolute atomic E-state index is 14.8. The molecule has 1 atom stereocenters. The molecule has 1 aromatic heterocycles. The molecule has 0 spiro atoms. The number of nitrogens with one attached hydrogen (secondary N) is 2. The average molecular weight is 511 g/mol. The molecule has 0 aliphatic carbocycles. The standard InChI is InChI=1S/C23H28ClFN4O4S/c1-14(2)12-28(3)18(11-26-23(32)19-6-7-20(24)34-19)22(31)27-17-5-4-15(10-16(17)25)29-8-9-33-13-21(29)30/h4-7,10,14,18H,8-9,11-13H2,1-3H3,(H,26,32)(H,27,31)/t18-/m0/s1. The van der Waals surface area contributed by atoms with E-state index in [1.807, 2.05) is 18.7 Å². The number of carbonyl (C=O) groups excluding carboxylic acids is 3. The van der Waals surface area contributed by atoms with Crippen LogP contribution in [0.15, 0.2) is 30.3 Å². The zero-order valence-corrected chi connectivity index (χ0v) is 20.8. The summed E-state index contributed by atoms with van der Waals surface area (Å²) in [5.74, 6) is -1.43. The first kappa shape index (κ1) is 26.1. The molecule has 184 valence electrons. The Morgan fingerprint density at radius 3 is 2.68 bits per heavy atom. The summed E-state index contributed by atoms with van der Waals surface area (Å²) in [6.07, 6.45) is 0. The minimum Gasteiger partial charge on any atom is -0.370 e. The van der Waals surface area contributed by atoms with Gasteiger partial charge in [0.25, 0.3) is 11.8 Å². The Hall–Kier alpha value is -2.53. The van der Waals surface area contributed by atoms with Gasteiger partial charge in [-0.15, -0.1) is 11.3 Å². The second kappa shape index (κ2) is 11.7. The third-order valence-electron chi connectivity index (χ3n) is 5.25. The smallest absolute Gasteiger partial charge is 0.261 e. The molecule has 2 N–H and O–H groups in total. The van der Waals surface area contributed by atoms with Crippen molar-refractivity contribution < 1.29 is 23.5 Å². The number of hydrogen-bond donors (Lipinski definition) is 2. The third-order valence-corrected chi connectivity index (χ3v) is 6.48. The molecule has 3 amide bonds. The summed E-state index contributed by atoms with van der Waals surface area (Å²) in [5.41, 5.74) is 0.396. The van der Waals surface area contributed by atoms with Crippen LogP contribution in [0.25, 0.3) is 0 Å². The maximum atomic E-state index is 14.8. The van der Waals surface area contributed by atoms with Gasteiger partial charge in [0.05, 0.1) is 21.5 Å². The lowest BCUT2D eigenvalue weighted by Crippen LogP contribution is -2.50. The summed E-state index contributed by atoms with van der Waals surface area (Å²) in [5, 5.41) is 5.39. The number of hydrogen-bond acceptors (Lipinski definition) is 6. The molecule has 0 unspecified atom stereocenters. The second-order valence-corrected chi connectivity index (χ2v) is 10.1. The Balaban J connectivity index is 1.71. The van der Waals surface area contributed by atoms with E-state index in [0.717, 1.165) is 11.3 Å². The molecule has 0 radical (unpaired) electrons. The van der Waals surface area contributed by atoms with Crippen molar-refractivity contribution in [2.45, 2.75) is 19.9 Å². The summed E-state index contributed by atoms with van der Waals surface area (Å²) in [7, 11) is 1.78. The van der Waals surface area contributed by atoms with Gasteiger partial charge >= 0.3 is 0 Å². The lowest BCUT2D eigenvalue weighted by Gasteiger charge is -2.29. The van der Waals surface area contributed by atoms with E-state index in [9.17, 15) is 18.8 Å². The zero-order valence-electron chi connectivity index (χ0n) is 19.3. The van der Waals surface area contributed by atoms with E-state index in [1.54, 1.807) is 25.2 Å². The molecule has 2 heterocycles. The number of thiophene rings is 1. The fourth-order valence-corrected chi connectivity index (χ4v) is 4.60. The molecular weight excluding hydrogens is 483 g/mol. The minimum atomic E-state index is -0.735. The van der Waals surface area contributed by atoms with Gasteiger partial charge in [0, 0.05) is 25.3 Å². The summed E-state index contributed by atoms with van der Waals surface area (Å²) in [6, 6.07) is 6.74. The predicted molar refractivity (Wildman–Crippen MR) is 131 cm³/mol. The fraction of sp³-hybridized carbons (Fsp3) is 0.435. The van der Waals surface area contributed by atoms with Crippen molar-refractivity contribution in [2.75, 3.05) is 50.1 Å². The molecule has 3 rings (SSSR count). The number of amides is 3. The van der Waals surface area contributed by atoms with Crippen LogP contribution >= 0.6 is 22.9 Å². The van der Waals surface area contributed by atoms with Gasteiger partial charge < -0.3 is 20.3 Å². The number of carbonyl (C=O) groups is 3. The first-order valence-electron chi connectivity index (χ1n) is 10.9. The van der Waals surface area contributed by atoms with Crippen molar-refractivity contribution in [3.8, 4) is 0 Å². The van der Waals surface area contributed by atoms with Gasteiger partial charge in [-0.25, -0.2) is 4.39 Å². The summed E-state index contributed by atoms with van der Waals surface area (Å²) in [4.78, 5) is 41.3. The van der Waals surface area contributed by atoms with Crippen LogP contribution < -0.4 is 15.5 Å². The Morgan fingerprint density at radius 2 is 2.06 bits per heavy atom. The largest absolute Gasteiger partial charge is 0.370 e. The van der Waals surface area contributed by atoms with Crippen LogP contribution in [-0.4, -0.2) is 68.6 Å².